The van der Waals surface area contributed by atoms with Gasteiger partial charge in [0.25, 0.3) is 0 Å². The van der Waals surface area contributed by atoms with Gasteiger partial charge in [0.15, 0.2) is 29.1 Å². The summed E-state index contributed by atoms with van der Waals surface area (Å²) in [6.45, 7) is 0.887. The van der Waals surface area contributed by atoms with Gasteiger partial charge in [-0.3, -0.25) is 4.79 Å². The van der Waals surface area contributed by atoms with Crippen molar-refractivity contribution in [1.29, 1.82) is 0 Å². The molecule has 0 fully saturated rings. The Hall–Kier alpha value is -2.37. The van der Waals surface area contributed by atoms with Crippen molar-refractivity contribution < 1.29 is 27.1 Å². The molecule has 0 unspecified atom stereocenters. The average Bonchev–Trinajstić information content (AvgIpc) is 2.51. The lowest BCUT2D eigenvalue weighted by Gasteiger charge is -2.09. The molecule has 2 rings (SSSR count). The molecule has 2 aromatic rings. The minimum atomic E-state index is -1.70. The molecule has 21 heavy (non-hydrogen) atoms. The van der Waals surface area contributed by atoms with Crippen LogP contribution in [0, 0.1) is 30.2 Å². The highest BCUT2D eigenvalue weighted by Gasteiger charge is 2.28. The summed E-state index contributed by atoms with van der Waals surface area (Å²) in [5.41, 5.74) is -2.17. The first-order valence-electron chi connectivity index (χ1n) is 5.89. The van der Waals surface area contributed by atoms with Crippen LogP contribution in [0.25, 0.3) is 0 Å². The minimum absolute atomic E-state index is 0.115. The maximum absolute atomic E-state index is 13.8. The van der Waals surface area contributed by atoms with Crippen LogP contribution in [0.4, 0.5) is 17.6 Å². The van der Waals surface area contributed by atoms with Gasteiger partial charge in [0.05, 0.1) is 7.11 Å². The van der Waals surface area contributed by atoms with Gasteiger partial charge in [-0.25, -0.2) is 17.6 Å². The molecule has 0 saturated carbocycles. The monoisotopic (exact) mass is 298 g/mol. The third kappa shape index (κ3) is 2.49. The number of benzene rings is 2. The number of methoxy groups -OCH3 is 1. The van der Waals surface area contributed by atoms with Crippen LogP contribution in [0.2, 0.25) is 0 Å². The van der Waals surface area contributed by atoms with E-state index in [2.05, 4.69) is 0 Å². The van der Waals surface area contributed by atoms with Crippen molar-refractivity contribution in [2.24, 2.45) is 0 Å². The predicted molar refractivity (Wildman–Crippen MR) is 67.4 cm³/mol. The molecule has 0 radical (unpaired) electrons. The van der Waals surface area contributed by atoms with Gasteiger partial charge in [-0.05, 0) is 31.2 Å². The van der Waals surface area contributed by atoms with E-state index in [1.807, 2.05) is 0 Å². The van der Waals surface area contributed by atoms with Crippen LogP contribution in [0.15, 0.2) is 24.3 Å². The van der Waals surface area contributed by atoms with Crippen molar-refractivity contribution in [3.8, 4) is 5.75 Å². The number of ether oxygens (including phenoxy) is 1. The zero-order valence-electron chi connectivity index (χ0n) is 11.1. The number of halogens is 4. The number of hydrogen-bond donors (Lipinski definition) is 0. The van der Waals surface area contributed by atoms with E-state index in [1.54, 1.807) is 0 Å². The van der Waals surface area contributed by atoms with Crippen molar-refractivity contribution in [3.63, 3.8) is 0 Å². The Kier molecular flexibility index (Phi) is 3.97. The maximum atomic E-state index is 13.8. The number of carbonyl (C=O) groups is 1. The summed E-state index contributed by atoms with van der Waals surface area (Å²) in [5, 5.41) is 0. The van der Waals surface area contributed by atoms with E-state index >= 15 is 0 Å². The van der Waals surface area contributed by atoms with Crippen LogP contribution < -0.4 is 4.74 Å². The lowest BCUT2D eigenvalue weighted by Crippen LogP contribution is -2.13. The van der Waals surface area contributed by atoms with Gasteiger partial charge in [-0.2, -0.15) is 0 Å². The molecule has 0 atom stereocenters. The maximum Gasteiger partial charge on any atom is 0.199 e. The predicted octanol–water partition coefficient (Wildman–Crippen LogP) is 3.79. The minimum Gasteiger partial charge on any atom is -0.497 e. The van der Waals surface area contributed by atoms with E-state index < -0.39 is 40.2 Å². The molecule has 0 amide bonds. The number of hydrogen-bond acceptors (Lipinski definition) is 2. The third-order valence-corrected chi connectivity index (χ3v) is 3.06. The fourth-order valence-corrected chi connectivity index (χ4v) is 1.83. The van der Waals surface area contributed by atoms with Gasteiger partial charge >= 0.3 is 0 Å². The highest BCUT2D eigenvalue weighted by molar-refractivity contribution is 6.09. The first kappa shape index (κ1) is 15.0. The molecule has 0 saturated heterocycles. The van der Waals surface area contributed by atoms with Gasteiger partial charge in [-0.15, -0.1) is 0 Å². The fraction of sp³-hybridized carbons (Fsp3) is 0.133. The molecule has 0 aliphatic heterocycles. The molecule has 0 spiro atoms. The van der Waals surface area contributed by atoms with Crippen LogP contribution in [-0.4, -0.2) is 12.9 Å². The van der Waals surface area contributed by atoms with E-state index in [0.29, 0.717) is 5.75 Å². The van der Waals surface area contributed by atoms with E-state index in [4.69, 9.17) is 4.74 Å². The third-order valence-electron chi connectivity index (χ3n) is 3.06. The Balaban J connectivity index is 2.58. The molecular weight excluding hydrogens is 288 g/mol. The van der Waals surface area contributed by atoms with Crippen molar-refractivity contribution in [1.82, 2.24) is 0 Å². The van der Waals surface area contributed by atoms with E-state index in [1.165, 1.54) is 31.4 Å². The first-order chi connectivity index (χ1) is 9.88. The van der Waals surface area contributed by atoms with Gasteiger partial charge in [0.2, 0.25) is 0 Å². The van der Waals surface area contributed by atoms with Crippen LogP contribution in [-0.2, 0) is 0 Å². The smallest absolute Gasteiger partial charge is 0.199 e. The van der Waals surface area contributed by atoms with Crippen LogP contribution >= 0.6 is 0 Å². The molecule has 2 aromatic carbocycles. The second-order valence-corrected chi connectivity index (χ2v) is 4.31. The first-order valence-corrected chi connectivity index (χ1v) is 5.89. The van der Waals surface area contributed by atoms with Gasteiger partial charge in [0, 0.05) is 11.1 Å². The molecule has 6 heteroatoms. The zero-order valence-corrected chi connectivity index (χ0v) is 11.1. The van der Waals surface area contributed by atoms with Crippen LogP contribution in [0.5, 0.6) is 5.75 Å². The topological polar surface area (TPSA) is 26.3 Å². The molecule has 0 bridgehead atoms. The van der Waals surface area contributed by atoms with Gasteiger partial charge < -0.3 is 4.74 Å². The molecule has 0 aliphatic rings. The van der Waals surface area contributed by atoms with Crippen molar-refractivity contribution in [2.75, 3.05) is 7.11 Å². The number of carbonyl (C=O) groups excluding carboxylic acids is 1. The Labute approximate surface area is 118 Å². The normalized spacial score (nSPS) is 10.6. The molecule has 0 heterocycles. The number of rotatable bonds is 3. The Morgan fingerprint density at radius 2 is 1.38 bits per heavy atom. The summed E-state index contributed by atoms with van der Waals surface area (Å²) < 4.78 is 59.3. The molecule has 110 valence electrons. The summed E-state index contributed by atoms with van der Waals surface area (Å²) >= 11 is 0. The van der Waals surface area contributed by atoms with Gasteiger partial charge in [0.1, 0.15) is 11.3 Å². The molecule has 0 aromatic heterocycles. The molecule has 0 N–H and O–H groups in total. The van der Waals surface area contributed by atoms with E-state index in [-0.39, 0.29) is 5.56 Å². The second-order valence-electron chi connectivity index (χ2n) is 4.31. The molecular formula is C15H10F4O2. The van der Waals surface area contributed by atoms with Crippen molar-refractivity contribution >= 4 is 5.78 Å². The highest BCUT2D eigenvalue weighted by Crippen LogP contribution is 2.26. The molecule has 0 aliphatic carbocycles. The summed E-state index contributed by atoms with van der Waals surface area (Å²) in [6.07, 6.45) is 0. The largest absolute Gasteiger partial charge is 0.497 e. The lowest BCUT2D eigenvalue weighted by atomic mass is 10.00. The zero-order chi connectivity index (χ0) is 15.7. The Morgan fingerprint density at radius 1 is 0.905 bits per heavy atom. The standard InChI is InChI=1S/C15H10F4O2/c1-7-11(16)13(18)10(14(19)12(7)17)15(20)8-3-5-9(21-2)6-4-8/h3-6H,1-2H3. The van der Waals surface area contributed by atoms with E-state index in [0.717, 1.165) is 6.92 Å². The van der Waals surface area contributed by atoms with E-state index in [9.17, 15) is 22.4 Å². The van der Waals surface area contributed by atoms with Crippen LogP contribution in [0.3, 0.4) is 0 Å². The van der Waals surface area contributed by atoms with Crippen LogP contribution in [0.1, 0.15) is 21.5 Å². The lowest BCUT2D eigenvalue weighted by molar-refractivity contribution is 0.102. The Bertz CT molecular complexity index is 680. The average molecular weight is 298 g/mol. The summed E-state index contributed by atoms with van der Waals surface area (Å²) in [7, 11) is 1.40. The number of ketones is 1. The second kappa shape index (κ2) is 5.55. The Morgan fingerprint density at radius 3 is 1.81 bits per heavy atom. The quantitative estimate of drug-likeness (QED) is 0.489. The highest BCUT2D eigenvalue weighted by atomic mass is 19.2. The SMILES string of the molecule is COc1ccc(C(=O)c2c(F)c(F)c(C)c(F)c2F)cc1. The molecule has 2 nitrogen and oxygen atoms in total. The van der Waals surface area contributed by atoms with Gasteiger partial charge in [-0.1, -0.05) is 0 Å². The summed E-state index contributed by atoms with van der Waals surface area (Å²) in [6, 6.07) is 5.28. The van der Waals surface area contributed by atoms with Crippen molar-refractivity contribution in [2.45, 2.75) is 6.92 Å². The van der Waals surface area contributed by atoms with Crippen molar-refractivity contribution in [3.05, 3.63) is 64.2 Å². The summed E-state index contributed by atoms with van der Waals surface area (Å²) in [5.74, 6) is -7.28. The fourth-order valence-electron chi connectivity index (χ4n) is 1.83. The summed E-state index contributed by atoms with van der Waals surface area (Å²) in [4.78, 5) is 12.0.